The van der Waals surface area contributed by atoms with E-state index in [1.54, 1.807) is 0 Å². The Labute approximate surface area is 353 Å². The molecule has 2 aliphatic rings. The first kappa shape index (κ1) is 40.9. The van der Waals surface area contributed by atoms with Crippen LogP contribution in [-0.4, -0.2) is 81.2 Å². The molecule has 10 nitrogen and oxygen atoms in total. The molecule has 8 rings (SSSR count). The zero-order chi connectivity index (χ0) is 41.3. The summed E-state index contributed by atoms with van der Waals surface area (Å²) in [5.74, 6) is 2.34. The third-order valence-electron chi connectivity index (χ3n) is 11.6. The standard InChI is InChI=1S/C49H55FN8O2/c1-4-59-46-28-37(17-16-36(46)3)34-55-24-20-41(21-25-55)57(43-30-51-48(52-31-43)39-12-8-6-9-13-39)58(44-32-53-49(54-33-44)40-14-10-7-11-15-40)42-22-26-56(27-23-42)35-38-18-19-45(50)47(29-38)60-5-2/h6-19,28-33,41-42H,4-5,20-27,34-35H2,1-3H3. The van der Waals surface area contributed by atoms with E-state index in [2.05, 4.69) is 44.9 Å². The molecule has 0 spiro atoms. The first-order valence-corrected chi connectivity index (χ1v) is 21.4. The van der Waals surface area contributed by atoms with Crippen molar-refractivity contribution in [2.45, 2.75) is 71.6 Å². The van der Waals surface area contributed by atoms with Gasteiger partial charge in [0.25, 0.3) is 0 Å². The molecular weight excluding hydrogens is 752 g/mol. The lowest BCUT2D eigenvalue weighted by Crippen LogP contribution is -2.59. The minimum Gasteiger partial charge on any atom is -0.494 e. The number of hydrogen-bond acceptors (Lipinski definition) is 10. The van der Waals surface area contributed by atoms with Crippen molar-refractivity contribution in [1.29, 1.82) is 0 Å². The number of ether oxygens (including phenoxy) is 2. The molecule has 0 radical (unpaired) electrons. The lowest BCUT2D eigenvalue weighted by molar-refractivity contribution is 0.183. The number of halogens is 1. The Kier molecular flexibility index (Phi) is 13.2. The van der Waals surface area contributed by atoms with Crippen molar-refractivity contribution in [2.75, 3.05) is 49.4 Å². The van der Waals surface area contributed by atoms with Crippen LogP contribution < -0.4 is 19.5 Å². The number of piperidine rings is 2. The van der Waals surface area contributed by atoms with Crippen molar-refractivity contribution >= 4 is 11.4 Å². The molecule has 0 saturated carbocycles. The van der Waals surface area contributed by atoms with Crippen molar-refractivity contribution in [3.05, 3.63) is 144 Å². The highest BCUT2D eigenvalue weighted by Gasteiger charge is 2.36. The Morgan fingerprint density at radius 2 is 0.983 bits per heavy atom. The Balaban J connectivity index is 1.09. The van der Waals surface area contributed by atoms with Crippen LogP contribution in [0.5, 0.6) is 11.5 Å². The topological polar surface area (TPSA) is 83.0 Å². The van der Waals surface area contributed by atoms with E-state index in [4.69, 9.17) is 29.4 Å². The van der Waals surface area contributed by atoms with Gasteiger partial charge >= 0.3 is 0 Å². The fourth-order valence-corrected chi connectivity index (χ4v) is 8.50. The van der Waals surface area contributed by atoms with Crippen molar-refractivity contribution < 1.29 is 13.9 Å². The maximum atomic E-state index is 14.4. The van der Waals surface area contributed by atoms with Gasteiger partial charge in [0.2, 0.25) is 0 Å². The Hall–Kier alpha value is -5.91. The largest absolute Gasteiger partial charge is 0.494 e. The number of anilines is 2. The Bertz CT molecular complexity index is 2100. The van der Waals surface area contributed by atoms with Crippen molar-refractivity contribution in [2.24, 2.45) is 0 Å². The molecule has 0 N–H and O–H groups in total. The normalized spacial score (nSPS) is 15.5. The number of rotatable bonds is 15. The number of nitrogens with zero attached hydrogens (tertiary/aromatic N) is 8. The fourth-order valence-electron chi connectivity index (χ4n) is 8.50. The molecule has 6 aromatic rings. The molecular formula is C49H55FN8O2. The molecule has 2 aliphatic heterocycles. The smallest absolute Gasteiger partial charge is 0.165 e. The number of likely N-dealkylation sites (tertiary alicyclic amines) is 2. The van der Waals surface area contributed by atoms with E-state index < -0.39 is 0 Å². The van der Waals surface area contributed by atoms with Crippen LogP contribution in [0.1, 0.15) is 56.2 Å². The van der Waals surface area contributed by atoms with Crippen molar-refractivity contribution in [1.82, 2.24) is 29.7 Å². The molecule has 60 heavy (non-hydrogen) atoms. The molecule has 2 fully saturated rings. The summed E-state index contributed by atoms with van der Waals surface area (Å²) in [7, 11) is 0. The molecule has 310 valence electrons. The highest BCUT2D eigenvalue weighted by Crippen LogP contribution is 2.35. The second-order valence-electron chi connectivity index (χ2n) is 15.7. The number of benzene rings is 4. The van der Waals surface area contributed by atoms with Gasteiger partial charge in [-0.1, -0.05) is 78.9 Å². The zero-order valence-electron chi connectivity index (χ0n) is 35.0. The van der Waals surface area contributed by atoms with E-state index >= 15 is 0 Å². The molecule has 0 unspecified atom stereocenters. The van der Waals surface area contributed by atoms with Gasteiger partial charge in [0, 0.05) is 50.4 Å². The minimum atomic E-state index is -0.326. The quantitative estimate of drug-likeness (QED) is 0.0937. The highest BCUT2D eigenvalue weighted by atomic mass is 19.1. The second kappa shape index (κ2) is 19.4. The number of hydrazine groups is 1. The maximum Gasteiger partial charge on any atom is 0.165 e. The van der Waals surface area contributed by atoms with Crippen LogP contribution in [0.4, 0.5) is 15.8 Å². The number of aromatic nitrogens is 4. The van der Waals surface area contributed by atoms with E-state index in [0.29, 0.717) is 30.6 Å². The van der Waals surface area contributed by atoms with Crippen LogP contribution in [0.3, 0.4) is 0 Å². The third-order valence-corrected chi connectivity index (χ3v) is 11.6. The van der Waals surface area contributed by atoms with Crippen LogP contribution >= 0.6 is 0 Å². The SMILES string of the molecule is CCOc1cc(CN2CCC(N(c3cnc(-c4ccccc4)nc3)N(c3cnc(-c4ccccc4)nc3)C3CCN(Cc4ccc(F)c(OCC)c4)CC3)CC2)ccc1C. The average molecular weight is 807 g/mol. The fraction of sp³-hybridized carbons (Fsp3) is 0.347. The lowest BCUT2D eigenvalue weighted by Gasteiger charge is -2.50. The molecule has 2 aromatic heterocycles. The summed E-state index contributed by atoms with van der Waals surface area (Å²) >= 11 is 0. The van der Waals surface area contributed by atoms with Gasteiger partial charge in [-0.05, 0) is 81.3 Å². The van der Waals surface area contributed by atoms with Gasteiger partial charge in [0.05, 0.1) is 61.5 Å². The summed E-state index contributed by atoms with van der Waals surface area (Å²) in [5, 5.41) is 4.91. The van der Waals surface area contributed by atoms with E-state index in [-0.39, 0.29) is 17.9 Å². The summed E-state index contributed by atoms with van der Waals surface area (Å²) in [5.41, 5.74) is 7.31. The molecule has 11 heteroatoms. The first-order chi connectivity index (χ1) is 29.4. The molecule has 4 heterocycles. The van der Waals surface area contributed by atoms with Crippen molar-refractivity contribution in [3.8, 4) is 34.3 Å². The van der Waals surface area contributed by atoms with Crippen molar-refractivity contribution in [3.63, 3.8) is 0 Å². The number of aryl methyl sites for hydroxylation is 1. The van der Waals surface area contributed by atoms with E-state index in [1.807, 2.05) is 111 Å². The van der Waals surface area contributed by atoms with Gasteiger partial charge in [-0.15, -0.1) is 0 Å². The van der Waals surface area contributed by atoms with Gasteiger partial charge in [-0.25, -0.2) is 24.3 Å². The van der Waals surface area contributed by atoms with Gasteiger partial charge < -0.3 is 9.47 Å². The van der Waals surface area contributed by atoms with Gasteiger partial charge in [0.15, 0.2) is 23.2 Å². The molecule has 0 bridgehead atoms. The average Bonchev–Trinajstić information content (AvgIpc) is 3.29. The molecule has 0 amide bonds. The summed E-state index contributed by atoms with van der Waals surface area (Å²) in [4.78, 5) is 24.8. The van der Waals surface area contributed by atoms with Gasteiger partial charge in [-0.2, -0.15) is 0 Å². The predicted octanol–water partition coefficient (Wildman–Crippen LogP) is 9.40. The monoisotopic (exact) mass is 806 g/mol. The Morgan fingerprint density at radius 1 is 0.567 bits per heavy atom. The zero-order valence-corrected chi connectivity index (χ0v) is 35.0. The van der Waals surface area contributed by atoms with Gasteiger partial charge in [-0.3, -0.25) is 19.8 Å². The summed E-state index contributed by atoms with van der Waals surface area (Å²) in [6, 6.07) is 32.4. The molecule has 0 atom stereocenters. The van der Waals surface area contributed by atoms with E-state index in [9.17, 15) is 4.39 Å². The van der Waals surface area contributed by atoms with E-state index in [0.717, 1.165) is 104 Å². The molecule has 4 aromatic carbocycles. The molecule has 2 saturated heterocycles. The van der Waals surface area contributed by atoms with Crippen LogP contribution in [0.2, 0.25) is 0 Å². The van der Waals surface area contributed by atoms with Gasteiger partial charge in [0.1, 0.15) is 5.75 Å². The summed E-state index contributed by atoms with van der Waals surface area (Å²) in [6.45, 7) is 12.3. The summed E-state index contributed by atoms with van der Waals surface area (Å²) in [6.07, 6.45) is 11.6. The van der Waals surface area contributed by atoms with Crippen LogP contribution in [0.25, 0.3) is 22.8 Å². The number of hydrogen-bond donors (Lipinski definition) is 0. The third kappa shape index (κ3) is 9.75. The van der Waals surface area contributed by atoms with Crippen LogP contribution in [0.15, 0.2) is 122 Å². The van der Waals surface area contributed by atoms with Crippen LogP contribution in [0, 0.1) is 12.7 Å². The lowest BCUT2D eigenvalue weighted by atomic mass is 10.00. The minimum absolute atomic E-state index is 0.149. The Morgan fingerprint density at radius 3 is 1.43 bits per heavy atom. The van der Waals surface area contributed by atoms with Crippen LogP contribution in [-0.2, 0) is 13.1 Å². The second-order valence-corrected chi connectivity index (χ2v) is 15.7. The maximum absolute atomic E-state index is 14.4. The molecule has 0 aliphatic carbocycles. The summed E-state index contributed by atoms with van der Waals surface area (Å²) < 4.78 is 25.9. The first-order valence-electron chi connectivity index (χ1n) is 21.4. The highest BCUT2D eigenvalue weighted by molar-refractivity contribution is 5.62. The van der Waals surface area contributed by atoms with E-state index in [1.165, 1.54) is 11.6 Å². The predicted molar refractivity (Wildman–Crippen MR) is 236 cm³/mol.